The van der Waals surface area contributed by atoms with Gasteiger partial charge in [-0.1, -0.05) is 19.1 Å². The van der Waals surface area contributed by atoms with E-state index in [-0.39, 0.29) is 22.5 Å². The van der Waals surface area contributed by atoms with Crippen molar-refractivity contribution in [2.45, 2.75) is 49.8 Å². The standard InChI is InChI=1S/C17H24N2O4S/c1-3-15-12-18-17(23-15)8-10-19(11-9-17)24(21,22)16-6-4-14(5-7-16)13(2)20/h4-7,15,18H,3,8-12H2,1-2H3. The maximum Gasteiger partial charge on any atom is 0.243 e. The first-order valence-electron chi connectivity index (χ1n) is 8.40. The van der Waals surface area contributed by atoms with Crippen LogP contribution in [-0.2, 0) is 14.8 Å². The highest BCUT2D eigenvalue weighted by molar-refractivity contribution is 7.89. The number of Topliss-reactive ketones (excluding diaryl/α,β-unsaturated/α-hetero) is 1. The molecule has 0 radical (unpaired) electrons. The topological polar surface area (TPSA) is 75.7 Å². The molecule has 1 aromatic carbocycles. The third kappa shape index (κ3) is 3.26. The lowest BCUT2D eigenvalue weighted by Crippen LogP contribution is -2.52. The van der Waals surface area contributed by atoms with Gasteiger partial charge in [-0.15, -0.1) is 0 Å². The summed E-state index contributed by atoms with van der Waals surface area (Å²) in [5.41, 5.74) is 0.145. The smallest absolute Gasteiger partial charge is 0.243 e. The molecule has 1 atom stereocenters. The van der Waals surface area contributed by atoms with Crippen molar-refractivity contribution in [3.63, 3.8) is 0 Å². The number of carbonyl (C=O) groups excluding carboxylic acids is 1. The van der Waals surface area contributed by atoms with Crippen LogP contribution in [0.25, 0.3) is 0 Å². The van der Waals surface area contributed by atoms with Gasteiger partial charge in [-0.25, -0.2) is 8.42 Å². The van der Waals surface area contributed by atoms with E-state index in [1.54, 1.807) is 12.1 Å². The number of benzene rings is 1. The number of nitrogens with one attached hydrogen (secondary N) is 1. The summed E-state index contributed by atoms with van der Waals surface area (Å²) in [5.74, 6) is -0.0752. The summed E-state index contributed by atoms with van der Waals surface area (Å²) >= 11 is 0. The van der Waals surface area contributed by atoms with E-state index in [1.807, 2.05) is 0 Å². The van der Waals surface area contributed by atoms with Gasteiger partial charge < -0.3 is 4.74 Å². The van der Waals surface area contributed by atoms with Crippen molar-refractivity contribution in [3.05, 3.63) is 29.8 Å². The quantitative estimate of drug-likeness (QED) is 0.836. The van der Waals surface area contributed by atoms with Crippen molar-refractivity contribution < 1.29 is 17.9 Å². The lowest BCUT2D eigenvalue weighted by atomic mass is 10.0. The van der Waals surface area contributed by atoms with Crippen molar-refractivity contribution >= 4 is 15.8 Å². The van der Waals surface area contributed by atoms with E-state index in [0.717, 1.165) is 13.0 Å². The normalized spacial score (nSPS) is 24.3. The molecule has 2 fully saturated rings. The van der Waals surface area contributed by atoms with Crippen molar-refractivity contribution in [1.82, 2.24) is 9.62 Å². The van der Waals surface area contributed by atoms with Gasteiger partial charge >= 0.3 is 0 Å². The summed E-state index contributed by atoms with van der Waals surface area (Å²) in [7, 11) is -3.53. The first kappa shape index (κ1) is 17.5. The van der Waals surface area contributed by atoms with Crippen molar-refractivity contribution in [1.29, 1.82) is 0 Å². The maximum absolute atomic E-state index is 12.8. The molecule has 0 aliphatic carbocycles. The molecule has 0 aromatic heterocycles. The SMILES string of the molecule is CCC1CNC2(CCN(S(=O)(=O)c3ccc(C(C)=O)cc3)CC2)O1. The van der Waals surface area contributed by atoms with E-state index in [1.165, 1.54) is 23.4 Å². The van der Waals surface area contributed by atoms with E-state index in [9.17, 15) is 13.2 Å². The second-order valence-corrected chi connectivity index (χ2v) is 8.45. The largest absolute Gasteiger partial charge is 0.356 e. The van der Waals surface area contributed by atoms with Gasteiger partial charge in [-0.3, -0.25) is 10.1 Å². The van der Waals surface area contributed by atoms with Crippen molar-refractivity contribution in [2.24, 2.45) is 0 Å². The van der Waals surface area contributed by atoms with Crippen LogP contribution in [0.1, 0.15) is 43.5 Å². The van der Waals surface area contributed by atoms with Gasteiger partial charge in [0.1, 0.15) is 5.72 Å². The molecule has 1 N–H and O–H groups in total. The molecule has 1 unspecified atom stereocenters. The van der Waals surface area contributed by atoms with E-state index in [2.05, 4.69) is 12.2 Å². The lowest BCUT2D eigenvalue weighted by Gasteiger charge is -2.38. The molecule has 0 amide bonds. The average molecular weight is 352 g/mol. The lowest BCUT2D eigenvalue weighted by molar-refractivity contribution is -0.0781. The van der Waals surface area contributed by atoms with Crippen molar-refractivity contribution in [2.75, 3.05) is 19.6 Å². The molecular formula is C17H24N2O4S. The second-order valence-electron chi connectivity index (χ2n) is 6.51. The number of sulfonamides is 1. The van der Waals surface area contributed by atoms with E-state index in [4.69, 9.17) is 4.74 Å². The molecular weight excluding hydrogens is 328 g/mol. The molecule has 2 aliphatic rings. The number of ketones is 1. The van der Waals surface area contributed by atoms with Crippen LogP contribution < -0.4 is 5.32 Å². The number of hydrogen-bond donors (Lipinski definition) is 1. The molecule has 1 aromatic rings. The number of nitrogens with zero attached hydrogens (tertiary/aromatic N) is 1. The minimum absolute atomic E-state index is 0.0752. The Labute approximate surface area is 143 Å². The third-order valence-corrected chi connectivity index (χ3v) is 6.84. The molecule has 3 rings (SSSR count). The molecule has 7 heteroatoms. The first-order valence-corrected chi connectivity index (χ1v) is 9.84. The maximum atomic E-state index is 12.8. The van der Waals surface area contributed by atoms with Gasteiger partial charge in [0.15, 0.2) is 5.78 Å². The van der Waals surface area contributed by atoms with E-state index < -0.39 is 10.0 Å². The summed E-state index contributed by atoms with van der Waals surface area (Å²) < 4.78 is 33.1. The summed E-state index contributed by atoms with van der Waals surface area (Å²) in [6.07, 6.45) is 2.47. The molecule has 24 heavy (non-hydrogen) atoms. The van der Waals surface area contributed by atoms with Crippen LogP contribution in [0.3, 0.4) is 0 Å². The first-order chi connectivity index (χ1) is 11.4. The molecule has 6 nitrogen and oxygen atoms in total. The highest BCUT2D eigenvalue weighted by Crippen LogP contribution is 2.32. The highest BCUT2D eigenvalue weighted by atomic mass is 32.2. The molecule has 2 saturated heterocycles. The zero-order valence-electron chi connectivity index (χ0n) is 14.1. The Bertz CT molecular complexity index is 707. The van der Waals surface area contributed by atoms with Gasteiger partial charge in [-0.05, 0) is 25.5 Å². The number of carbonyl (C=O) groups is 1. The van der Waals surface area contributed by atoms with E-state index >= 15 is 0 Å². The fraction of sp³-hybridized carbons (Fsp3) is 0.588. The fourth-order valence-corrected chi connectivity index (χ4v) is 4.76. The van der Waals surface area contributed by atoms with Crippen LogP contribution in [0.5, 0.6) is 0 Å². The summed E-state index contributed by atoms with van der Waals surface area (Å²) in [6.45, 7) is 5.25. The van der Waals surface area contributed by atoms with Gasteiger partial charge in [0.2, 0.25) is 10.0 Å². The second kappa shape index (κ2) is 6.55. The Morgan fingerprint density at radius 2 is 1.92 bits per heavy atom. The van der Waals surface area contributed by atoms with Gasteiger partial charge in [0, 0.05) is 38.0 Å². The monoisotopic (exact) mass is 352 g/mol. The zero-order chi connectivity index (χ0) is 17.4. The third-order valence-electron chi connectivity index (χ3n) is 4.93. The molecule has 132 valence electrons. The average Bonchev–Trinajstić information content (AvgIpc) is 2.98. The number of piperidine rings is 1. The molecule has 0 bridgehead atoms. The van der Waals surface area contributed by atoms with Crippen LogP contribution in [0.15, 0.2) is 29.2 Å². The molecule has 2 heterocycles. The molecule has 0 saturated carbocycles. The number of hydrogen-bond acceptors (Lipinski definition) is 5. The predicted molar refractivity (Wildman–Crippen MR) is 90.3 cm³/mol. The number of rotatable bonds is 4. The highest BCUT2D eigenvalue weighted by Gasteiger charge is 2.43. The Morgan fingerprint density at radius 1 is 1.29 bits per heavy atom. The van der Waals surface area contributed by atoms with E-state index in [0.29, 0.717) is 31.5 Å². The van der Waals surface area contributed by atoms with Crippen LogP contribution in [0.4, 0.5) is 0 Å². The zero-order valence-corrected chi connectivity index (χ0v) is 14.9. The van der Waals surface area contributed by atoms with Crippen molar-refractivity contribution in [3.8, 4) is 0 Å². The van der Waals surface area contributed by atoms with Crippen LogP contribution in [0.2, 0.25) is 0 Å². The van der Waals surface area contributed by atoms with Crippen LogP contribution >= 0.6 is 0 Å². The minimum atomic E-state index is -3.53. The summed E-state index contributed by atoms with van der Waals surface area (Å²) in [5, 5.41) is 3.42. The van der Waals surface area contributed by atoms with Gasteiger partial charge in [-0.2, -0.15) is 4.31 Å². The Morgan fingerprint density at radius 3 is 2.42 bits per heavy atom. The van der Waals surface area contributed by atoms with Crippen LogP contribution in [-0.4, -0.2) is 50.0 Å². The fourth-order valence-electron chi connectivity index (χ4n) is 3.32. The minimum Gasteiger partial charge on any atom is -0.356 e. The number of ether oxygens (including phenoxy) is 1. The van der Waals surface area contributed by atoms with Gasteiger partial charge in [0.25, 0.3) is 0 Å². The summed E-state index contributed by atoms with van der Waals surface area (Å²) in [4.78, 5) is 11.6. The van der Waals surface area contributed by atoms with Crippen LogP contribution in [0, 0.1) is 0 Å². The summed E-state index contributed by atoms with van der Waals surface area (Å²) in [6, 6.07) is 6.14. The Kier molecular flexibility index (Phi) is 4.79. The Balaban J connectivity index is 1.70. The molecule has 1 spiro atoms. The Hall–Kier alpha value is -1.28. The molecule has 2 aliphatic heterocycles. The predicted octanol–water partition coefficient (Wildman–Crippen LogP) is 1.77. The van der Waals surface area contributed by atoms with Gasteiger partial charge in [0.05, 0.1) is 11.0 Å².